The smallest absolute Gasteiger partial charge is 0.276 e. The summed E-state index contributed by atoms with van der Waals surface area (Å²) in [6.45, 7) is 3.58. The summed E-state index contributed by atoms with van der Waals surface area (Å²) < 4.78 is 4.95. The number of aryl methyl sites for hydroxylation is 1. The second-order valence-electron chi connectivity index (χ2n) is 6.03. The van der Waals surface area contributed by atoms with Crippen LogP contribution in [0.2, 0.25) is 0 Å². The minimum atomic E-state index is -0.172. The van der Waals surface area contributed by atoms with E-state index in [4.69, 9.17) is 4.52 Å². The summed E-state index contributed by atoms with van der Waals surface area (Å²) in [4.78, 5) is 28.5. The van der Waals surface area contributed by atoms with Gasteiger partial charge >= 0.3 is 0 Å². The van der Waals surface area contributed by atoms with E-state index in [-0.39, 0.29) is 11.8 Å². The molecule has 0 unspecified atom stereocenters. The molecule has 1 aliphatic rings. The maximum Gasteiger partial charge on any atom is 0.276 e. The summed E-state index contributed by atoms with van der Waals surface area (Å²) in [6.07, 6.45) is 0. The Kier molecular flexibility index (Phi) is 3.72. The lowest BCUT2D eigenvalue weighted by Gasteiger charge is -2.34. The van der Waals surface area contributed by atoms with Gasteiger partial charge in [0, 0.05) is 37.6 Å². The molecule has 0 bridgehead atoms. The number of hydrogen-bond donors (Lipinski definition) is 1. The fourth-order valence-electron chi connectivity index (χ4n) is 3.02. The van der Waals surface area contributed by atoms with Crippen molar-refractivity contribution in [3.05, 3.63) is 47.5 Å². The molecule has 8 heteroatoms. The SMILES string of the molecule is Cc1cc(C(=O)N2CCN(C(=O)c3n[nH]c4ccccc34)CC2)no1. The Bertz CT molecular complexity index is 937. The second kappa shape index (κ2) is 6.04. The fraction of sp³-hybridized carbons (Fsp3) is 0.294. The zero-order chi connectivity index (χ0) is 17.4. The van der Waals surface area contributed by atoms with Gasteiger partial charge in [-0.25, -0.2) is 0 Å². The summed E-state index contributed by atoms with van der Waals surface area (Å²) in [5.41, 5.74) is 1.55. The molecule has 8 nitrogen and oxygen atoms in total. The first kappa shape index (κ1) is 15.4. The van der Waals surface area contributed by atoms with Gasteiger partial charge in [0.05, 0.1) is 5.52 Å². The molecule has 0 saturated carbocycles. The van der Waals surface area contributed by atoms with Gasteiger partial charge in [0.1, 0.15) is 5.76 Å². The van der Waals surface area contributed by atoms with Crippen LogP contribution in [0.15, 0.2) is 34.9 Å². The molecule has 2 aromatic heterocycles. The van der Waals surface area contributed by atoms with Crippen molar-refractivity contribution in [3.8, 4) is 0 Å². The second-order valence-corrected chi connectivity index (χ2v) is 6.03. The Hall–Kier alpha value is -3.16. The van der Waals surface area contributed by atoms with E-state index in [0.29, 0.717) is 43.3 Å². The number of para-hydroxylation sites is 1. The van der Waals surface area contributed by atoms with Gasteiger partial charge < -0.3 is 14.3 Å². The molecule has 25 heavy (non-hydrogen) atoms. The predicted molar refractivity (Wildman–Crippen MR) is 89.1 cm³/mol. The minimum absolute atomic E-state index is 0.123. The number of carbonyl (C=O) groups excluding carboxylic acids is 2. The van der Waals surface area contributed by atoms with Gasteiger partial charge in [-0.15, -0.1) is 0 Å². The van der Waals surface area contributed by atoms with Crippen molar-refractivity contribution in [2.24, 2.45) is 0 Å². The maximum atomic E-state index is 12.7. The van der Waals surface area contributed by atoms with E-state index in [0.717, 1.165) is 10.9 Å². The zero-order valence-corrected chi connectivity index (χ0v) is 13.7. The van der Waals surface area contributed by atoms with Crippen LogP contribution in [0.4, 0.5) is 0 Å². The largest absolute Gasteiger partial charge is 0.361 e. The van der Waals surface area contributed by atoms with E-state index >= 15 is 0 Å². The van der Waals surface area contributed by atoms with Gasteiger partial charge in [-0.1, -0.05) is 23.4 Å². The molecule has 3 aromatic rings. The van der Waals surface area contributed by atoms with E-state index in [2.05, 4.69) is 15.4 Å². The van der Waals surface area contributed by atoms with Gasteiger partial charge in [0.2, 0.25) is 0 Å². The van der Waals surface area contributed by atoms with Crippen molar-refractivity contribution in [2.75, 3.05) is 26.2 Å². The summed E-state index contributed by atoms with van der Waals surface area (Å²) in [6, 6.07) is 9.15. The van der Waals surface area contributed by atoms with Crippen molar-refractivity contribution in [1.82, 2.24) is 25.2 Å². The van der Waals surface area contributed by atoms with E-state index in [9.17, 15) is 9.59 Å². The number of hydrogen-bond acceptors (Lipinski definition) is 5. The van der Waals surface area contributed by atoms with Gasteiger partial charge in [-0.2, -0.15) is 5.10 Å². The van der Waals surface area contributed by atoms with Gasteiger partial charge in [-0.3, -0.25) is 14.7 Å². The van der Waals surface area contributed by atoms with Crippen LogP contribution in [-0.4, -0.2) is 63.1 Å². The topological polar surface area (TPSA) is 95.3 Å². The lowest BCUT2D eigenvalue weighted by atomic mass is 10.2. The number of benzene rings is 1. The number of amides is 2. The van der Waals surface area contributed by atoms with Gasteiger partial charge in [-0.05, 0) is 13.0 Å². The van der Waals surface area contributed by atoms with Crippen LogP contribution in [0.5, 0.6) is 0 Å². The van der Waals surface area contributed by atoms with Crippen molar-refractivity contribution >= 4 is 22.7 Å². The number of piperazine rings is 1. The van der Waals surface area contributed by atoms with Crippen LogP contribution in [0.3, 0.4) is 0 Å². The number of rotatable bonds is 2. The average molecular weight is 339 g/mol. The van der Waals surface area contributed by atoms with Crippen LogP contribution in [0.25, 0.3) is 10.9 Å². The number of nitrogens with one attached hydrogen (secondary N) is 1. The highest BCUT2D eigenvalue weighted by Crippen LogP contribution is 2.18. The molecule has 4 rings (SSSR count). The molecule has 0 aliphatic carbocycles. The molecule has 1 N–H and O–H groups in total. The van der Waals surface area contributed by atoms with Crippen molar-refractivity contribution < 1.29 is 14.1 Å². The summed E-state index contributed by atoms with van der Waals surface area (Å²) in [5, 5.41) is 11.6. The number of aromatic amines is 1. The highest BCUT2D eigenvalue weighted by Gasteiger charge is 2.28. The van der Waals surface area contributed by atoms with E-state index in [1.807, 2.05) is 24.3 Å². The Morgan fingerprint density at radius 2 is 1.76 bits per heavy atom. The third kappa shape index (κ3) is 2.75. The van der Waals surface area contributed by atoms with Crippen LogP contribution >= 0.6 is 0 Å². The van der Waals surface area contributed by atoms with Gasteiger partial charge in [0.25, 0.3) is 11.8 Å². The fourth-order valence-corrected chi connectivity index (χ4v) is 3.02. The van der Waals surface area contributed by atoms with Crippen molar-refractivity contribution in [3.63, 3.8) is 0 Å². The maximum absolute atomic E-state index is 12.7. The number of nitrogens with zero attached hydrogens (tertiary/aromatic N) is 4. The Morgan fingerprint density at radius 3 is 2.44 bits per heavy atom. The molecule has 0 atom stereocenters. The van der Waals surface area contributed by atoms with Crippen molar-refractivity contribution in [1.29, 1.82) is 0 Å². The zero-order valence-electron chi connectivity index (χ0n) is 13.7. The van der Waals surface area contributed by atoms with E-state index in [1.54, 1.807) is 22.8 Å². The van der Waals surface area contributed by atoms with E-state index in [1.165, 1.54) is 0 Å². The van der Waals surface area contributed by atoms with Crippen LogP contribution in [0.1, 0.15) is 26.7 Å². The van der Waals surface area contributed by atoms with Crippen molar-refractivity contribution in [2.45, 2.75) is 6.92 Å². The minimum Gasteiger partial charge on any atom is -0.361 e. The Balaban J connectivity index is 1.45. The molecule has 1 fully saturated rings. The standard InChI is InChI=1S/C17H17N5O3/c1-11-10-14(20-25-11)16(23)21-6-8-22(9-7-21)17(24)15-12-4-2-3-5-13(12)18-19-15/h2-5,10H,6-9H2,1H3,(H,18,19). The summed E-state index contributed by atoms with van der Waals surface area (Å²) in [7, 11) is 0. The predicted octanol–water partition coefficient (Wildman–Crippen LogP) is 1.46. The first-order chi connectivity index (χ1) is 12.1. The third-order valence-electron chi connectivity index (χ3n) is 4.37. The molecule has 0 radical (unpaired) electrons. The Labute approximate surface area is 143 Å². The quantitative estimate of drug-likeness (QED) is 0.762. The van der Waals surface area contributed by atoms with Crippen LogP contribution in [0, 0.1) is 6.92 Å². The summed E-state index contributed by atoms with van der Waals surface area (Å²) >= 11 is 0. The lowest BCUT2D eigenvalue weighted by Crippen LogP contribution is -2.50. The third-order valence-corrected chi connectivity index (χ3v) is 4.37. The first-order valence-electron chi connectivity index (χ1n) is 8.08. The lowest BCUT2D eigenvalue weighted by molar-refractivity contribution is 0.0527. The highest BCUT2D eigenvalue weighted by atomic mass is 16.5. The van der Waals surface area contributed by atoms with Crippen LogP contribution < -0.4 is 0 Å². The molecule has 1 aliphatic heterocycles. The number of fused-ring (bicyclic) bond motifs is 1. The monoisotopic (exact) mass is 339 g/mol. The molecule has 0 spiro atoms. The number of H-pyrrole nitrogens is 1. The Morgan fingerprint density at radius 1 is 1.08 bits per heavy atom. The van der Waals surface area contributed by atoms with Crippen LogP contribution in [-0.2, 0) is 0 Å². The normalized spacial score (nSPS) is 14.9. The molecular formula is C17H17N5O3. The molecule has 3 heterocycles. The molecule has 1 saturated heterocycles. The molecular weight excluding hydrogens is 322 g/mol. The molecule has 1 aromatic carbocycles. The average Bonchev–Trinajstić information content (AvgIpc) is 3.27. The first-order valence-corrected chi connectivity index (χ1v) is 8.08. The van der Waals surface area contributed by atoms with E-state index < -0.39 is 0 Å². The van der Waals surface area contributed by atoms with Gasteiger partial charge in [0.15, 0.2) is 11.4 Å². The summed E-state index contributed by atoms with van der Waals surface area (Å²) in [5.74, 6) is 0.304. The number of aromatic nitrogens is 3. The highest BCUT2D eigenvalue weighted by molar-refractivity contribution is 6.04. The number of carbonyl (C=O) groups is 2. The molecule has 2 amide bonds. The molecule has 128 valence electrons.